The Hall–Kier alpha value is -2.46. The maximum atomic E-state index is 5.53. The predicted molar refractivity (Wildman–Crippen MR) is 85.3 cm³/mol. The first kappa shape index (κ1) is 14.5. The summed E-state index contributed by atoms with van der Waals surface area (Å²) in [4.78, 5) is 0. The summed E-state index contributed by atoms with van der Waals surface area (Å²) in [6.45, 7) is 3.83. The molecule has 3 rings (SSSR count). The Labute approximate surface area is 130 Å². The highest BCUT2D eigenvalue weighted by atomic mass is 16.4. The molecule has 112 valence electrons. The van der Waals surface area contributed by atoms with Crippen molar-refractivity contribution in [3.8, 4) is 0 Å². The summed E-state index contributed by atoms with van der Waals surface area (Å²) in [7, 11) is 0. The zero-order chi connectivity index (χ0) is 15.4. The van der Waals surface area contributed by atoms with Crippen molar-refractivity contribution in [3.05, 3.63) is 83.6 Å². The molecular weight excluding hydrogens is 274 g/mol. The molecule has 0 radical (unpaired) electrons. The van der Waals surface area contributed by atoms with E-state index in [4.69, 9.17) is 4.42 Å². The van der Waals surface area contributed by atoms with E-state index in [2.05, 4.69) is 64.0 Å². The van der Waals surface area contributed by atoms with Crippen molar-refractivity contribution in [2.45, 2.75) is 25.9 Å². The topological polar surface area (TPSA) is 51.0 Å². The molecule has 0 aliphatic carbocycles. The van der Waals surface area contributed by atoms with Crippen molar-refractivity contribution in [1.29, 1.82) is 0 Å². The summed E-state index contributed by atoms with van der Waals surface area (Å²) in [5.41, 5.74) is 2.41. The number of aryl methyl sites for hydroxylation is 1. The summed E-state index contributed by atoms with van der Waals surface area (Å²) in [6.07, 6.45) is 0. The Kier molecular flexibility index (Phi) is 4.30. The molecule has 22 heavy (non-hydrogen) atoms. The summed E-state index contributed by atoms with van der Waals surface area (Å²) < 4.78 is 5.53. The summed E-state index contributed by atoms with van der Waals surface area (Å²) >= 11 is 0. The minimum atomic E-state index is -0.0355. The Morgan fingerprint density at radius 2 is 1.41 bits per heavy atom. The third kappa shape index (κ3) is 3.23. The zero-order valence-corrected chi connectivity index (χ0v) is 12.7. The van der Waals surface area contributed by atoms with E-state index in [1.807, 2.05) is 19.1 Å². The van der Waals surface area contributed by atoms with Gasteiger partial charge in [0.2, 0.25) is 11.8 Å². The summed E-state index contributed by atoms with van der Waals surface area (Å²) in [6, 6.07) is 20.8. The Morgan fingerprint density at radius 3 is 1.86 bits per heavy atom. The van der Waals surface area contributed by atoms with Gasteiger partial charge >= 0.3 is 0 Å². The van der Waals surface area contributed by atoms with Crippen LogP contribution in [0.1, 0.15) is 41.9 Å². The Balaban J connectivity index is 1.89. The number of hydrogen-bond acceptors (Lipinski definition) is 4. The van der Waals surface area contributed by atoms with E-state index >= 15 is 0 Å². The van der Waals surface area contributed by atoms with Crippen LogP contribution in [0.4, 0.5) is 0 Å². The van der Waals surface area contributed by atoms with Gasteiger partial charge in [0.1, 0.15) is 0 Å². The van der Waals surface area contributed by atoms with Crippen LogP contribution in [0.5, 0.6) is 0 Å². The number of aromatic nitrogens is 2. The van der Waals surface area contributed by atoms with E-state index in [0.29, 0.717) is 11.8 Å². The summed E-state index contributed by atoms with van der Waals surface area (Å²) in [5.74, 6) is 1.19. The van der Waals surface area contributed by atoms with Crippen LogP contribution in [-0.4, -0.2) is 10.2 Å². The molecule has 0 bridgehead atoms. The van der Waals surface area contributed by atoms with Crippen molar-refractivity contribution < 1.29 is 4.42 Å². The molecule has 0 unspecified atom stereocenters. The van der Waals surface area contributed by atoms with Gasteiger partial charge in [-0.05, 0) is 18.1 Å². The lowest BCUT2D eigenvalue weighted by atomic mass is 9.98. The van der Waals surface area contributed by atoms with Crippen LogP contribution in [0.3, 0.4) is 0 Å². The first-order chi connectivity index (χ1) is 10.7. The summed E-state index contributed by atoms with van der Waals surface area (Å²) in [5, 5.41) is 11.6. The second kappa shape index (κ2) is 6.54. The van der Waals surface area contributed by atoms with Gasteiger partial charge in [0, 0.05) is 6.92 Å². The molecule has 3 aromatic rings. The number of nitrogens with one attached hydrogen (secondary N) is 1. The van der Waals surface area contributed by atoms with Crippen LogP contribution in [-0.2, 0) is 0 Å². The van der Waals surface area contributed by atoms with E-state index in [1.54, 1.807) is 6.92 Å². The lowest BCUT2D eigenvalue weighted by Crippen LogP contribution is -2.25. The molecule has 1 heterocycles. The number of hydrogen-bond donors (Lipinski definition) is 1. The van der Waals surface area contributed by atoms with Gasteiger partial charge in [-0.2, -0.15) is 0 Å². The van der Waals surface area contributed by atoms with Crippen molar-refractivity contribution in [2.75, 3.05) is 0 Å². The van der Waals surface area contributed by atoms with E-state index in [-0.39, 0.29) is 12.1 Å². The SMILES string of the molecule is Cc1nnc([C@H](C)NC(c2ccccc2)c2ccccc2)o1. The van der Waals surface area contributed by atoms with E-state index in [0.717, 1.165) is 0 Å². The fraction of sp³-hybridized carbons (Fsp3) is 0.222. The lowest BCUT2D eigenvalue weighted by Gasteiger charge is -2.22. The van der Waals surface area contributed by atoms with E-state index in [1.165, 1.54) is 11.1 Å². The van der Waals surface area contributed by atoms with Gasteiger partial charge in [0.25, 0.3) is 0 Å². The molecular formula is C18H19N3O. The minimum Gasteiger partial charge on any atom is -0.424 e. The minimum absolute atomic E-state index is 0.0355. The Morgan fingerprint density at radius 1 is 0.864 bits per heavy atom. The number of rotatable bonds is 5. The maximum Gasteiger partial charge on any atom is 0.233 e. The van der Waals surface area contributed by atoms with Gasteiger partial charge < -0.3 is 4.42 Å². The van der Waals surface area contributed by atoms with Crippen LogP contribution in [0.25, 0.3) is 0 Å². The molecule has 2 aromatic carbocycles. The third-order valence-corrected chi connectivity index (χ3v) is 3.59. The van der Waals surface area contributed by atoms with Crippen LogP contribution < -0.4 is 5.32 Å². The van der Waals surface area contributed by atoms with Crippen LogP contribution in [0, 0.1) is 6.92 Å². The van der Waals surface area contributed by atoms with Gasteiger partial charge in [0.05, 0.1) is 12.1 Å². The van der Waals surface area contributed by atoms with Crippen LogP contribution >= 0.6 is 0 Å². The molecule has 0 spiro atoms. The van der Waals surface area contributed by atoms with E-state index in [9.17, 15) is 0 Å². The average molecular weight is 293 g/mol. The highest BCUT2D eigenvalue weighted by Crippen LogP contribution is 2.25. The molecule has 0 saturated heterocycles. The Bertz CT molecular complexity index is 670. The smallest absolute Gasteiger partial charge is 0.233 e. The third-order valence-electron chi connectivity index (χ3n) is 3.59. The zero-order valence-electron chi connectivity index (χ0n) is 12.7. The number of benzene rings is 2. The average Bonchev–Trinajstić information content (AvgIpc) is 3.01. The highest BCUT2D eigenvalue weighted by Gasteiger charge is 2.20. The monoisotopic (exact) mass is 293 g/mol. The first-order valence-electron chi connectivity index (χ1n) is 7.40. The molecule has 1 aromatic heterocycles. The predicted octanol–water partition coefficient (Wildman–Crippen LogP) is 3.82. The molecule has 1 N–H and O–H groups in total. The van der Waals surface area contributed by atoms with Crippen molar-refractivity contribution in [3.63, 3.8) is 0 Å². The quantitative estimate of drug-likeness (QED) is 0.777. The van der Waals surface area contributed by atoms with Gasteiger partial charge in [-0.3, -0.25) is 5.32 Å². The molecule has 0 aliphatic heterocycles. The van der Waals surface area contributed by atoms with Gasteiger partial charge in [-0.25, -0.2) is 0 Å². The fourth-order valence-corrected chi connectivity index (χ4v) is 2.48. The van der Waals surface area contributed by atoms with Crippen molar-refractivity contribution in [2.24, 2.45) is 0 Å². The highest BCUT2D eigenvalue weighted by molar-refractivity contribution is 5.31. The lowest BCUT2D eigenvalue weighted by molar-refractivity contribution is 0.387. The fourth-order valence-electron chi connectivity index (χ4n) is 2.48. The normalized spacial score (nSPS) is 12.5. The maximum absolute atomic E-state index is 5.53. The standard InChI is InChI=1S/C18H19N3O/c1-13(18-21-20-14(2)22-18)19-17(15-9-5-3-6-10-15)16-11-7-4-8-12-16/h3-13,17,19H,1-2H3/t13-/m0/s1. The van der Waals surface area contributed by atoms with Crippen molar-refractivity contribution in [1.82, 2.24) is 15.5 Å². The van der Waals surface area contributed by atoms with E-state index < -0.39 is 0 Å². The molecule has 0 fully saturated rings. The number of nitrogens with zero attached hydrogens (tertiary/aromatic N) is 2. The molecule has 0 amide bonds. The van der Waals surface area contributed by atoms with Gasteiger partial charge in [0.15, 0.2) is 0 Å². The molecule has 4 heteroatoms. The largest absolute Gasteiger partial charge is 0.424 e. The van der Waals surface area contributed by atoms with Crippen LogP contribution in [0.15, 0.2) is 65.1 Å². The first-order valence-corrected chi connectivity index (χ1v) is 7.40. The molecule has 1 atom stereocenters. The molecule has 0 aliphatic rings. The molecule has 0 saturated carbocycles. The van der Waals surface area contributed by atoms with Gasteiger partial charge in [-0.1, -0.05) is 60.7 Å². The van der Waals surface area contributed by atoms with Crippen LogP contribution in [0.2, 0.25) is 0 Å². The second-order valence-electron chi connectivity index (χ2n) is 5.30. The van der Waals surface area contributed by atoms with Crippen molar-refractivity contribution >= 4 is 0 Å². The molecule has 4 nitrogen and oxygen atoms in total. The second-order valence-corrected chi connectivity index (χ2v) is 5.30. The van der Waals surface area contributed by atoms with Gasteiger partial charge in [-0.15, -0.1) is 10.2 Å².